The molecule has 144 valence electrons. The lowest BCUT2D eigenvalue weighted by atomic mass is 9.82. The van der Waals surface area contributed by atoms with Crippen LogP contribution in [0.5, 0.6) is 0 Å². The molecule has 0 aliphatic heterocycles. The number of hydrogen-bond donors (Lipinski definition) is 0. The summed E-state index contributed by atoms with van der Waals surface area (Å²) in [6.07, 6.45) is 2.34. The van der Waals surface area contributed by atoms with Gasteiger partial charge in [0.25, 0.3) is 0 Å². The number of rotatable bonds is 4. The number of hydrogen-bond acceptors (Lipinski definition) is 1. The second-order valence-electron chi connectivity index (χ2n) is 7.65. The first-order valence-electron chi connectivity index (χ1n) is 10.4. The van der Waals surface area contributed by atoms with Gasteiger partial charge in [0.15, 0.2) is 0 Å². The summed E-state index contributed by atoms with van der Waals surface area (Å²) in [5.41, 5.74) is 9.79. The standard InChI is InChI=1S/C29H23N/c1-21(30-24-15-6-3-7-16-24)25-17-10-11-19-27(25)29-26-18-9-8-14-23(26)20-28(29)22-12-4-2-5-13-22/h2-20,29H,1H3. The van der Waals surface area contributed by atoms with Crippen molar-refractivity contribution in [3.8, 4) is 0 Å². The molecule has 0 bridgehead atoms. The van der Waals surface area contributed by atoms with Gasteiger partial charge in [-0.05, 0) is 58.5 Å². The van der Waals surface area contributed by atoms with Gasteiger partial charge in [0.1, 0.15) is 0 Å². The molecule has 4 aromatic carbocycles. The Morgan fingerprint density at radius 2 is 1.23 bits per heavy atom. The SMILES string of the molecule is CC(=Nc1ccccc1)c1ccccc1C1C(c2ccccc2)=Cc2ccccc21. The fourth-order valence-corrected chi connectivity index (χ4v) is 4.37. The zero-order valence-corrected chi connectivity index (χ0v) is 17.0. The van der Waals surface area contributed by atoms with Crippen LogP contribution < -0.4 is 0 Å². The molecule has 0 saturated carbocycles. The molecule has 0 aromatic heterocycles. The zero-order valence-electron chi connectivity index (χ0n) is 17.0. The summed E-state index contributed by atoms with van der Waals surface area (Å²) in [5.74, 6) is 0.195. The molecule has 0 amide bonds. The quantitative estimate of drug-likeness (QED) is 0.322. The van der Waals surface area contributed by atoms with Gasteiger partial charge in [-0.2, -0.15) is 0 Å². The molecule has 0 spiro atoms. The largest absolute Gasteiger partial charge is 0.253 e. The van der Waals surface area contributed by atoms with E-state index in [1.807, 2.05) is 30.3 Å². The van der Waals surface area contributed by atoms with Crippen molar-refractivity contribution in [3.05, 3.63) is 137 Å². The molecule has 1 aliphatic rings. The fraction of sp³-hybridized carbons (Fsp3) is 0.0690. The summed E-state index contributed by atoms with van der Waals surface area (Å²) < 4.78 is 0. The van der Waals surface area contributed by atoms with Crippen molar-refractivity contribution >= 4 is 23.0 Å². The lowest BCUT2D eigenvalue weighted by molar-refractivity contribution is 1.06. The van der Waals surface area contributed by atoms with Gasteiger partial charge >= 0.3 is 0 Å². The van der Waals surface area contributed by atoms with Gasteiger partial charge in [0, 0.05) is 11.6 Å². The maximum absolute atomic E-state index is 4.91. The smallest absolute Gasteiger partial charge is 0.0633 e. The van der Waals surface area contributed by atoms with E-state index < -0.39 is 0 Å². The summed E-state index contributed by atoms with van der Waals surface area (Å²) in [5, 5.41) is 0. The lowest BCUT2D eigenvalue weighted by Crippen LogP contribution is -2.08. The van der Waals surface area contributed by atoms with Crippen LogP contribution in [0.15, 0.2) is 114 Å². The molecule has 5 rings (SSSR count). The third-order valence-electron chi connectivity index (χ3n) is 5.75. The highest BCUT2D eigenvalue weighted by molar-refractivity contribution is 6.04. The first-order chi connectivity index (χ1) is 14.8. The maximum atomic E-state index is 4.91. The zero-order chi connectivity index (χ0) is 20.3. The van der Waals surface area contributed by atoms with Gasteiger partial charge in [-0.15, -0.1) is 0 Å². The normalized spacial score (nSPS) is 15.6. The van der Waals surface area contributed by atoms with E-state index in [4.69, 9.17) is 4.99 Å². The Bertz CT molecular complexity index is 1230. The molecule has 1 atom stereocenters. The highest BCUT2D eigenvalue weighted by atomic mass is 14.7. The number of para-hydroxylation sites is 1. The molecule has 30 heavy (non-hydrogen) atoms. The van der Waals surface area contributed by atoms with Crippen LogP contribution in [0, 0.1) is 0 Å². The topological polar surface area (TPSA) is 12.4 Å². The van der Waals surface area contributed by atoms with E-state index in [2.05, 4.69) is 91.9 Å². The molecule has 4 aromatic rings. The Labute approximate surface area is 178 Å². The van der Waals surface area contributed by atoms with Gasteiger partial charge in [-0.1, -0.05) is 97.1 Å². The van der Waals surface area contributed by atoms with Crippen LogP contribution in [0.4, 0.5) is 5.69 Å². The van der Waals surface area contributed by atoms with Crippen LogP contribution in [-0.4, -0.2) is 5.71 Å². The van der Waals surface area contributed by atoms with E-state index in [1.165, 1.54) is 33.4 Å². The molecule has 1 heteroatoms. The van der Waals surface area contributed by atoms with E-state index in [0.29, 0.717) is 0 Å². The Morgan fingerprint density at radius 1 is 0.633 bits per heavy atom. The highest BCUT2D eigenvalue weighted by Gasteiger charge is 2.29. The molecular weight excluding hydrogens is 362 g/mol. The number of nitrogens with zero attached hydrogens (tertiary/aromatic N) is 1. The van der Waals surface area contributed by atoms with Gasteiger partial charge in [0.2, 0.25) is 0 Å². The van der Waals surface area contributed by atoms with Crippen LogP contribution in [0.25, 0.3) is 11.6 Å². The molecule has 1 nitrogen and oxygen atoms in total. The molecular formula is C29H23N. The first kappa shape index (κ1) is 18.3. The van der Waals surface area contributed by atoms with E-state index >= 15 is 0 Å². The highest BCUT2D eigenvalue weighted by Crippen LogP contribution is 2.46. The molecule has 0 N–H and O–H groups in total. The summed E-state index contributed by atoms with van der Waals surface area (Å²) in [6.45, 7) is 2.11. The predicted octanol–water partition coefficient (Wildman–Crippen LogP) is 7.51. The average Bonchev–Trinajstić information content (AvgIpc) is 3.20. The lowest BCUT2D eigenvalue weighted by Gasteiger charge is -2.21. The predicted molar refractivity (Wildman–Crippen MR) is 127 cm³/mol. The molecule has 0 fully saturated rings. The maximum Gasteiger partial charge on any atom is 0.0633 e. The van der Waals surface area contributed by atoms with Crippen LogP contribution in [0.3, 0.4) is 0 Å². The van der Waals surface area contributed by atoms with Crippen LogP contribution in [-0.2, 0) is 0 Å². The third-order valence-corrected chi connectivity index (χ3v) is 5.75. The summed E-state index contributed by atoms with van der Waals surface area (Å²) in [6, 6.07) is 38.3. The number of aliphatic imine (C=N–C) groups is 1. The van der Waals surface area contributed by atoms with E-state index in [-0.39, 0.29) is 5.92 Å². The molecule has 0 radical (unpaired) electrons. The van der Waals surface area contributed by atoms with E-state index in [0.717, 1.165) is 11.4 Å². The fourth-order valence-electron chi connectivity index (χ4n) is 4.37. The van der Waals surface area contributed by atoms with Crippen molar-refractivity contribution < 1.29 is 0 Å². The van der Waals surface area contributed by atoms with E-state index in [1.54, 1.807) is 0 Å². The van der Waals surface area contributed by atoms with Crippen molar-refractivity contribution in [3.63, 3.8) is 0 Å². The van der Waals surface area contributed by atoms with Crippen molar-refractivity contribution in [2.45, 2.75) is 12.8 Å². The van der Waals surface area contributed by atoms with Gasteiger partial charge < -0.3 is 0 Å². The van der Waals surface area contributed by atoms with Crippen LogP contribution in [0.1, 0.15) is 40.7 Å². The summed E-state index contributed by atoms with van der Waals surface area (Å²) in [4.78, 5) is 4.91. The number of benzene rings is 4. The van der Waals surface area contributed by atoms with Crippen molar-refractivity contribution in [2.24, 2.45) is 4.99 Å². The van der Waals surface area contributed by atoms with E-state index in [9.17, 15) is 0 Å². The van der Waals surface area contributed by atoms with Gasteiger partial charge in [0.05, 0.1) is 5.69 Å². The minimum atomic E-state index is 0.195. The Balaban J connectivity index is 1.66. The summed E-state index contributed by atoms with van der Waals surface area (Å²) >= 11 is 0. The summed E-state index contributed by atoms with van der Waals surface area (Å²) in [7, 11) is 0. The second-order valence-corrected chi connectivity index (χ2v) is 7.65. The Kier molecular flexibility index (Phi) is 4.86. The van der Waals surface area contributed by atoms with Gasteiger partial charge in [-0.3, -0.25) is 4.99 Å². The van der Waals surface area contributed by atoms with Crippen LogP contribution >= 0.6 is 0 Å². The molecule has 1 aliphatic carbocycles. The molecule has 1 unspecified atom stereocenters. The third kappa shape index (κ3) is 3.40. The second kappa shape index (κ2) is 7.96. The van der Waals surface area contributed by atoms with Gasteiger partial charge in [-0.25, -0.2) is 0 Å². The first-order valence-corrected chi connectivity index (χ1v) is 10.4. The Hall–Kier alpha value is -3.71. The van der Waals surface area contributed by atoms with Crippen molar-refractivity contribution in [1.82, 2.24) is 0 Å². The number of allylic oxidation sites excluding steroid dienone is 1. The molecule has 0 saturated heterocycles. The minimum Gasteiger partial charge on any atom is -0.253 e. The monoisotopic (exact) mass is 385 g/mol. The molecule has 0 heterocycles. The average molecular weight is 386 g/mol. The Morgan fingerprint density at radius 3 is 2.00 bits per heavy atom. The minimum absolute atomic E-state index is 0.195. The van der Waals surface area contributed by atoms with Crippen molar-refractivity contribution in [1.29, 1.82) is 0 Å². The van der Waals surface area contributed by atoms with Crippen molar-refractivity contribution in [2.75, 3.05) is 0 Å². The van der Waals surface area contributed by atoms with Crippen LogP contribution in [0.2, 0.25) is 0 Å². The number of fused-ring (bicyclic) bond motifs is 1.